The van der Waals surface area contributed by atoms with Gasteiger partial charge in [0, 0.05) is 0 Å². The van der Waals surface area contributed by atoms with Crippen LogP contribution in [0.1, 0.15) is 52.0 Å². The van der Waals surface area contributed by atoms with Gasteiger partial charge in [-0.1, -0.05) is 32.9 Å². The minimum absolute atomic E-state index is 0.0960. The van der Waals surface area contributed by atoms with Gasteiger partial charge in [0.1, 0.15) is 12.1 Å². The Kier molecular flexibility index (Phi) is 5.60. The largest absolute Gasteiger partial charge is 0.418 e. The summed E-state index contributed by atoms with van der Waals surface area (Å²) in [7, 11) is 0. The van der Waals surface area contributed by atoms with E-state index in [4.69, 9.17) is 0 Å². The van der Waals surface area contributed by atoms with Gasteiger partial charge in [0.25, 0.3) is 5.91 Å². The molecule has 0 bridgehead atoms. The molecule has 1 aliphatic carbocycles. The quantitative estimate of drug-likeness (QED) is 0.714. The highest BCUT2D eigenvalue weighted by Crippen LogP contribution is 2.43. The Balaban J connectivity index is 1.68. The Morgan fingerprint density at radius 1 is 1.17 bits per heavy atom. The molecule has 2 aliphatic rings. The number of halogens is 3. The van der Waals surface area contributed by atoms with Crippen LogP contribution in [0.3, 0.4) is 0 Å². The van der Waals surface area contributed by atoms with E-state index >= 15 is 0 Å². The highest BCUT2D eigenvalue weighted by molar-refractivity contribution is 6.10. The summed E-state index contributed by atoms with van der Waals surface area (Å²) in [5.41, 5.74) is -2.34. The topological polar surface area (TPSA) is 78.5 Å². The van der Waals surface area contributed by atoms with Gasteiger partial charge in [-0.2, -0.15) is 13.2 Å². The van der Waals surface area contributed by atoms with Crippen LogP contribution in [0, 0.1) is 11.3 Å². The fourth-order valence-corrected chi connectivity index (χ4v) is 4.31. The predicted molar refractivity (Wildman–Crippen MR) is 104 cm³/mol. The van der Waals surface area contributed by atoms with Crippen molar-refractivity contribution in [3.63, 3.8) is 0 Å². The van der Waals surface area contributed by atoms with Gasteiger partial charge < -0.3 is 10.6 Å². The molecule has 6 nitrogen and oxygen atoms in total. The molecule has 9 heteroatoms. The van der Waals surface area contributed by atoms with Gasteiger partial charge in [0.05, 0.1) is 11.3 Å². The molecule has 0 aromatic heterocycles. The van der Waals surface area contributed by atoms with Crippen LogP contribution in [0.2, 0.25) is 0 Å². The van der Waals surface area contributed by atoms with Crippen molar-refractivity contribution in [2.45, 2.75) is 58.2 Å². The van der Waals surface area contributed by atoms with E-state index in [0.717, 1.165) is 29.9 Å². The first-order chi connectivity index (χ1) is 13.8. The molecule has 3 rings (SSSR count). The summed E-state index contributed by atoms with van der Waals surface area (Å²) in [6.45, 7) is 5.78. The second-order valence-electron chi connectivity index (χ2n) is 9.14. The molecule has 30 heavy (non-hydrogen) atoms. The first-order valence-electron chi connectivity index (χ1n) is 9.94. The molecular weight excluding hydrogens is 399 g/mol. The van der Waals surface area contributed by atoms with Gasteiger partial charge in [0.2, 0.25) is 5.91 Å². The first kappa shape index (κ1) is 22.1. The van der Waals surface area contributed by atoms with E-state index in [9.17, 15) is 27.6 Å². The molecule has 4 amide bonds. The number of nitrogens with one attached hydrogen (secondary N) is 2. The lowest BCUT2D eigenvalue weighted by Crippen LogP contribution is -2.51. The number of amides is 4. The summed E-state index contributed by atoms with van der Waals surface area (Å²) in [5.74, 6) is -0.932. The highest BCUT2D eigenvalue weighted by Gasteiger charge is 2.53. The lowest BCUT2D eigenvalue weighted by molar-refractivity contribution is -0.137. The molecule has 1 heterocycles. The maximum atomic E-state index is 13.1. The average Bonchev–Trinajstić information content (AvgIpc) is 2.85. The second kappa shape index (κ2) is 7.59. The van der Waals surface area contributed by atoms with Crippen molar-refractivity contribution in [3.8, 4) is 0 Å². The van der Waals surface area contributed by atoms with Crippen molar-refractivity contribution in [2.75, 3.05) is 11.9 Å². The molecule has 2 fully saturated rings. The summed E-state index contributed by atoms with van der Waals surface area (Å²) in [4.78, 5) is 38.5. The lowest BCUT2D eigenvalue weighted by Gasteiger charge is -2.40. The van der Waals surface area contributed by atoms with Crippen molar-refractivity contribution >= 4 is 23.5 Å². The molecule has 1 aromatic carbocycles. The third kappa shape index (κ3) is 4.29. The number of urea groups is 1. The number of carbonyl (C=O) groups is 3. The van der Waals surface area contributed by atoms with Crippen LogP contribution in [0.25, 0.3) is 0 Å². The van der Waals surface area contributed by atoms with Crippen LogP contribution in [-0.4, -0.2) is 34.8 Å². The first-order valence-corrected chi connectivity index (χ1v) is 9.94. The number of anilines is 1. The molecule has 1 saturated carbocycles. The average molecular weight is 425 g/mol. The molecule has 1 spiro atoms. The predicted octanol–water partition coefficient (Wildman–Crippen LogP) is 4.17. The van der Waals surface area contributed by atoms with Crippen LogP contribution < -0.4 is 10.6 Å². The molecule has 1 aromatic rings. The number of imide groups is 1. The number of para-hydroxylation sites is 1. The maximum Gasteiger partial charge on any atom is 0.418 e. The summed E-state index contributed by atoms with van der Waals surface area (Å²) in [5, 5.41) is 4.89. The van der Waals surface area contributed by atoms with Gasteiger partial charge in [-0.3, -0.25) is 14.5 Å². The van der Waals surface area contributed by atoms with E-state index < -0.39 is 47.4 Å². The molecule has 1 aliphatic heterocycles. The zero-order valence-corrected chi connectivity index (χ0v) is 17.2. The number of hydrogen-bond donors (Lipinski definition) is 2. The Labute approximate surface area is 173 Å². The molecule has 2 N–H and O–H groups in total. The van der Waals surface area contributed by atoms with Gasteiger partial charge in [-0.25, -0.2) is 4.79 Å². The second-order valence-corrected chi connectivity index (χ2v) is 9.14. The van der Waals surface area contributed by atoms with Crippen molar-refractivity contribution in [1.29, 1.82) is 0 Å². The molecular formula is C21H26F3N3O3. The van der Waals surface area contributed by atoms with E-state index in [2.05, 4.69) is 31.4 Å². The van der Waals surface area contributed by atoms with Gasteiger partial charge in [-0.05, 0) is 49.1 Å². The van der Waals surface area contributed by atoms with E-state index in [1.165, 1.54) is 12.1 Å². The highest BCUT2D eigenvalue weighted by atomic mass is 19.4. The molecule has 164 valence electrons. The number of carbonyl (C=O) groups excluding carboxylic acids is 3. The van der Waals surface area contributed by atoms with Crippen LogP contribution in [-0.2, 0) is 15.8 Å². The molecule has 0 atom stereocenters. The smallest absolute Gasteiger partial charge is 0.324 e. The number of nitrogens with zero attached hydrogens (tertiary/aromatic N) is 1. The van der Waals surface area contributed by atoms with Crippen molar-refractivity contribution in [3.05, 3.63) is 29.8 Å². The lowest BCUT2D eigenvalue weighted by atomic mass is 9.67. The summed E-state index contributed by atoms with van der Waals surface area (Å²) >= 11 is 0. The Bertz CT molecular complexity index is 853. The Hall–Kier alpha value is -2.58. The van der Waals surface area contributed by atoms with Crippen molar-refractivity contribution in [2.24, 2.45) is 11.3 Å². The zero-order chi connectivity index (χ0) is 22.3. The van der Waals surface area contributed by atoms with E-state index in [0.29, 0.717) is 18.8 Å². The van der Waals surface area contributed by atoms with Gasteiger partial charge in [-0.15, -0.1) is 0 Å². The Morgan fingerprint density at radius 2 is 1.77 bits per heavy atom. The van der Waals surface area contributed by atoms with Crippen molar-refractivity contribution < 1.29 is 27.6 Å². The number of rotatable bonds is 3. The number of hydrogen-bond acceptors (Lipinski definition) is 3. The Morgan fingerprint density at radius 3 is 2.33 bits per heavy atom. The number of benzene rings is 1. The van der Waals surface area contributed by atoms with Crippen LogP contribution in [0.5, 0.6) is 0 Å². The summed E-state index contributed by atoms with van der Waals surface area (Å²) in [6, 6.07) is 3.87. The SMILES string of the molecule is CC(C)(C)C1CCC2(CC1)NC(=O)N(CC(=O)Nc1ccccc1C(F)(F)F)C2=O. The minimum atomic E-state index is -4.64. The standard InChI is InChI=1S/C21H26F3N3O3/c1-19(2,3)13-8-10-20(11-9-13)17(29)27(18(30)26-20)12-16(28)25-15-7-5-4-6-14(15)21(22,23)24/h4-7,13H,8-12H2,1-3H3,(H,25,28)(H,26,30). The fourth-order valence-electron chi connectivity index (χ4n) is 4.31. The third-order valence-electron chi connectivity index (χ3n) is 6.12. The van der Waals surface area contributed by atoms with Crippen LogP contribution in [0.4, 0.5) is 23.7 Å². The minimum Gasteiger partial charge on any atom is -0.324 e. The van der Waals surface area contributed by atoms with E-state index in [1.54, 1.807) is 0 Å². The summed E-state index contributed by atoms with van der Waals surface area (Å²) in [6.07, 6.45) is -2.13. The maximum absolute atomic E-state index is 13.1. The number of alkyl halides is 3. The zero-order valence-electron chi connectivity index (χ0n) is 17.2. The van der Waals surface area contributed by atoms with Gasteiger partial charge >= 0.3 is 12.2 Å². The van der Waals surface area contributed by atoms with Gasteiger partial charge in [0.15, 0.2) is 0 Å². The van der Waals surface area contributed by atoms with Crippen molar-refractivity contribution in [1.82, 2.24) is 10.2 Å². The normalized spacial score (nSPS) is 24.9. The molecule has 0 unspecified atom stereocenters. The monoisotopic (exact) mass is 425 g/mol. The van der Waals surface area contributed by atoms with E-state index in [1.807, 2.05) is 0 Å². The fraction of sp³-hybridized carbons (Fsp3) is 0.571. The third-order valence-corrected chi connectivity index (χ3v) is 6.12. The summed E-state index contributed by atoms with van der Waals surface area (Å²) < 4.78 is 39.3. The van der Waals surface area contributed by atoms with E-state index in [-0.39, 0.29) is 5.41 Å². The molecule has 1 saturated heterocycles. The van der Waals surface area contributed by atoms with Crippen LogP contribution in [0.15, 0.2) is 24.3 Å². The van der Waals surface area contributed by atoms with Crippen LogP contribution >= 0.6 is 0 Å². The molecule has 0 radical (unpaired) electrons.